The van der Waals surface area contributed by atoms with Crippen LogP contribution in [0.3, 0.4) is 0 Å². The van der Waals surface area contributed by atoms with E-state index in [1.165, 1.54) is 48.5 Å². The number of rotatable bonds is 12. The summed E-state index contributed by atoms with van der Waals surface area (Å²) in [5, 5.41) is 66.8. The van der Waals surface area contributed by atoms with Crippen molar-refractivity contribution in [2.75, 3.05) is 39.3 Å². The number of carbonyl (C=O) groups excluding carboxylic acids is 3. The minimum atomic E-state index is -0.617. The predicted molar refractivity (Wildman–Crippen MR) is 147 cm³/mol. The van der Waals surface area contributed by atoms with Gasteiger partial charge < -0.3 is 46.6 Å². The minimum absolute atomic E-state index is 0.0922. The molecule has 0 aromatic heterocycles. The summed E-state index contributed by atoms with van der Waals surface area (Å²) in [5.41, 5.74) is 0.269. The van der Waals surface area contributed by atoms with Crippen molar-refractivity contribution >= 4 is 17.7 Å². The lowest BCUT2D eigenvalue weighted by molar-refractivity contribution is 0.0944. The fourth-order valence-corrected chi connectivity index (χ4v) is 3.97. The second kappa shape index (κ2) is 13.8. The number of aromatic hydroxyl groups is 6. The molecule has 0 unspecified atom stereocenters. The van der Waals surface area contributed by atoms with E-state index in [9.17, 15) is 45.0 Å². The van der Waals surface area contributed by atoms with Gasteiger partial charge in [-0.3, -0.25) is 19.3 Å². The highest BCUT2D eigenvalue weighted by Gasteiger charge is 2.18. The topological polar surface area (TPSA) is 212 Å². The predicted octanol–water partition coefficient (Wildman–Crippen LogP) is 1.12. The number of nitrogens with zero attached hydrogens (tertiary/aromatic N) is 1. The Labute approximate surface area is 235 Å². The van der Waals surface area contributed by atoms with E-state index in [1.807, 2.05) is 0 Å². The first kappa shape index (κ1) is 30.4. The Morgan fingerprint density at radius 3 is 1.41 bits per heavy atom. The number of phenols is 6. The maximum Gasteiger partial charge on any atom is 0.255 e. The van der Waals surface area contributed by atoms with Crippen molar-refractivity contribution in [1.29, 1.82) is 0 Å². The van der Waals surface area contributed by atoms with E-state index in [4.69, 9.17) is 0 Å². The molecule has 9 N–H and O–H groups in total. The second-order valence-electron chi connectivity index (χ2n) is 9.14. The standard InChI is InChI=1S/C28H32N4O9/c1-16-14-19(25(38)22(35)15-16)28(41)31-10-13-32(11-8-29-26(39)17-4-2-6-20(33)23(17)36)12-9-30-27(40)18-5-3-7-21(34)24(18)37/h2-7,14-15,33-38H,8-13H2,1H3,(H,29,39)(H,30,40)(H,31,41). The van der Waals surface area contributed by atoms with Gasteiger partial charge >= 0.3 is 0 Å². The summed E-state index contributed by atoms with van der Waals surface area (Å²) >= 11 is 0. The zero-order valence-corrected chi connectivity index (χ0v) is 22.2. The van der Waals surface area contributed by atoms with Crippen LogP contribution in [0.2, 0.25) is 0 Å². The number of para-hydroxylation sites is 2. The minimum Gasteiger partial charge on any atom is -0.504 e. The maximum absolute atomic E-state index is 12.6. The van der Waals surface area contributed by atoms with Crippen LogP contribution in [-0.4, -0.2) is 92.5 Å². The van der Waals surface area contributed by atoms with Gasteiger partial charge in [-0.1, -0.05) is 12.1 Å². The molecule has 3 rings (SSSR count). The van der Waals surface area contributed by atoms with Crippen molar-refractivity contribution in [3.05, 3.63) is 70.8 Å². The van der Waals surface area contributed by atoms with Crippen molar-refractivity contribution in [1.82, 2.24) is 20.9 Å². The number of carbonyl (C=O) groups is 3. The van der Waals surface area contributed by atoms with E-state index >= 15 is 0 Å². The van der Waals surface area contributed by atoms with Gasteiger partial charge in [0.2, 0.25) is 0 Å². The highest BCUT2D eigenvalue weighted by Crippen LogP contribution is 2.30. The van der Waals surface area contributed by atoms with Crippen LogP contribution in [0.1, 0.15) is 36.6 Å². The van der Waals surface area contributed by atoms with Gasteiger partial charge in [-0.25, -0.2) is 0 Å². The number of hydrogen-bond donors (Lipinski definition) is 9. The summed E-state index contributed by atoms with van der Waals surface area (Å²) in [6.45, 7) is 2.75. The smallest absolute Gasteiger partial charge is 0.255 e. The van der Waals surface area contributed by atoms with E-state index in [0.717, 1.165) is 0 Å². The highest BCUT2D eigenvalue weighted by molar-refractivity contribution is 5.98. The Bertz CT molecular complexity index is 1360. The van der Waals surface area contributed by atoms with E-state index in [0.29, 0.717) is 5.56 Å². The summed E-state index contributed by atoms with van der Waals surface area (Å²) in [4.78, 5) is 39.3. The molecule has 0 bridgehead atoms. The first-order valence-corrected chi connectivity index (χ1v) is 12.6. The van der Waals surface area contributed by atoms with Crippen molar-refractivity contribution in [3.63, 3.8) is 0 Å². The van der Waals surface area contributed by atoms with Gasteiger partial charge in [0.1, 0.15) is 0 Å². The molecule has 0 spiro atoms. The normalized spacial score (nSPS) is 10.8. The molecule has 0 radical (unpaired) electrons. The number of nitrogens with one attached hydrogen (secondary N) is 3. The van der Waals surface area contributed by atoms with E-state index < -0.39 is 52.2 Å². The summed E-state index contributed by atoms with van der Waals surface area (Å²) < 4.78 is 0. The molecular weight excluding hydrogens is 536 g/mol. The Morgan fingerprint density at radius 2 is 0.976 bits per heavy atom. The quantitative estimate of drug-likeness (QED) is 0.142. The third-order valence-electron chi connectivity index (χ3n) is 6.14. The molecule has 0 saturated carbocycles. The Hall–Kier alpha value is -5.17. The van der Waals surface area contributed by atoms with Gasteiger partial charge in [-0.05, 0) is 48.9 Å². The molecule has 0 saturated heterocycles. The Morgan fingerprint density at radius 1 is 0.585 bits per heavy atom. The number of benzene rings is 3. The molecule has 13 heteroatoms. The Kier molecular flexibility index (Phi) is 10.2. The molecule has 0 heterocycles. The first-order valence-electron chi connectivity index (χ1n) is 12.6. The molecule has 3 amide bonds. The summed E-state index contributed by atoms with van der Waals surface area (Å²) in [6, 6.07) is 10.8. The average Bonchev–Trinajstić information content (AvgIpc) is 2.93. The third kappa shape index (κ3) is 7.92. The lowest BCUT2D eigenvalue weighted by Gasteiger charge is -2.23. The van der Waals surface area contributed by atoms with Gasteiger partial charge in [-0.2, -0.15) is 0 Å². The second-order valence-corrected chi connectivity index (χ2v) is 9.14. The van der Waals surface area contributed by atoms with Crippen LogP contribution in [0.4, 0.5) is 0 Å². The van der Waals surface area contributed by atoms with Crippen LogP contribution in [-0.2, 0) is 0 Å². The molecule has 0 aliphatic rings. The summed E-state index contributed by atoms with van der Waals surface area (Å²) in [6.07, 6.45) is 0. The summed E-state index contributed by atoms with van der Waals surface area (Å²) in [7, 11) is 0. The lowest BCUT2D eigenvalue weighted by atomic mass is 10.1. The zero-order chi connectivity index (χ0) is 30.1. The third-order valence-corrected chi connectivity index (χ3v) is 6.14. The van der Waals surface area contributed by atoms with Crippen LogP contribution in [0.15, 0.2) is 48.5 Å². The van der Waals surface area contributed by atoms with Crippen LogP contribution in [0.5, 0.6) is 34.5 Å². The maximum atomic E-state index is 12.6. The molecule has 218 valence electrons. The van der Waals surface area contributed by atoms with Crippen LogP contribution in [0, 0.1) is 6.92 Å². The van der Waals surface area contributed by atoms with E-state index in [1.54, 1.807) is 11.8 Å². The average molecular weight is 569 g/mol. The van der Waals surface area contributed by atoms with Crippen molar-refractivity contribution in [2.45, 2.75) is 6.92 Å². The fraction of sp³-hybridized carbons (Fsp3) is 0.250. The van der Waals surface area contributed by atoms with Crippen molar-refractivity contribution in [3.8, 4) is 34.5 Å². The molecule has 3 aromatic rings. The molecule has 0 aliphatic heterocycles. The van der Waals surface area contributed by atoms with Gasteiger partial charge in [0.15, 0.2) is 34.5 Å². The van der Waals surface area contributed by atoms with Gasteiger partial charge in [0.25, 0.3) is 17.7 Å². The number of hydrogen-bond acceptors (Lipinski definition) is 10. The Balaban J connectivity index is 1.60. The molecule has 41 heavy (non-hydrogen) atoms. The van der Waals surface area contributed by atoms with Crippen molar-refractivity contribution in [2.24, 2.45) is 0 Å². The van der Waals surface area contributed by atoms with Crippen LogP contribution < -0.4 is 16.0 Å². The van der Waals surface area contributed by atoms with Crippen LogP contribution in [0.25, 0.3) is 0 Å². The van der Waals surface area contributed by atoms with Gasteiger partial charge in [-0.15, -0.1) is 0 Å². The van der Waals surface area contributed by atoms with Gasteiger partial charge in [0.05, 0.1) is 16.7 Å². The molecule has 3 aromatic carbocycles. The monoisotopic (exact) mass is 568 g/mol. The number of amides is 3. The molecule has 0 atom stereocenters. The first-order chi connectivity index (χ1) is 19.5. The SMILES string of the molecule is Cc1cc(O)c(O)c(C(=O)NCCN(CCNC(=O)c2cccc(O)c2O)CCNC(=O)c2cccc(O)c2O)c1. The van der Waals surface area contributed by atoms with Crippen molar-refractivity contribution < 1.29 is 45.0 Å². The number of phenolic OH excluding ortho intramolecular Hbond substituents is 6. The number of aryl methyl sites for hydroxylation is 1. The molecule has 0 fully saturated rings. The zero-order valence-electron chi connectivity index (χ0n) is 22.2. The van der Waals surface area contributed by atoms with Crippen LogP contribution >= 0.6 is 0 Å². The molecule has 0 aliphatic carbocycles. The summed E-state index contributed by atoms with van der Waals surface area (Å²) in [5.74, 6) is -4.77. The molecular formula is C28H32N4O9. The lowest BCUT2D eigenvalue weighted by Crippen LogP contribution is -2.43. The van der Waals surface area contributed by atoms with Gasteiger partial charge in [0, 0.05) is 39.3 Å². The van der Waals surface area contributed by atoms with E-state index in [-0.39, 0.29) is 56.0 Å². The largest absolute Gasteiger partial charge is 0.504 e. The van der Waals surface area contributed by atoms with E-state index in [2.05, 4.69) is 16.0 Å². The molecule has 13 nitrogen and oxygen atoms in total. The fourth-order valence-electron chi connectivity index (χ4n) is 3.97. The highest BCUT2D eigenvalue weighted by atomic mass is 16.3.